The second-order valence-corrected chi connectivity index (χ2v) is 5.71. The maximum Gasteiger partial charge on any atom is 0.0837 e. The lowest BCUT2D eigenvalue weighted by molar-refractivity contribution is -0.0954. The van der Waals surface area contributed by atoms with Crippen LogP contribution in [0.4, 0.5) is 0 Å². The zero-order valence-electron chi connectivity index (χ0n) is 12.5. The van der Waals surface area contributed by atoms with Gasteiger partial charge in [-0.25, -0.2) is 0 Å². The molecule has 0 aromatic rings. The summed E-state index contributed by atoms with van der Waals surface area (Å²) >= 11 is 0. The third kappa shape index (κ3) is 4.10. The van der Waals surface area contributed by atoms with Crippen LogP contribution in [-0.4, -0.2) is 24.8 Å². The fourth-order valence-electron chi connectivity index (χ4n) is 3.10. The molecule has 0 aromatic heterocycles. The maximum absolute atomic E-state index is 6.22. The van der Waals surface area contributed by atoms with Gasteiger partial charge in [0.2, 0.25) is 0 Å². The first kappa shape index (κ1) is 15.7. The summed E-state index contributed by atoms with van der Waals surface area (Å²) in [7, 11) is 0. The summed E-state index contributed by atoms with van der Waals surface area (Å²) in [4.78, 5) is 0. The van der Waals surface area contributed by atoms with E-state index < -0.39 is 0 Å². The van der Waals surface area contributed by atoms with E-state index in [9.17, 15) is 0 Å². The molecule has 1 fully saturated rings. The van der Waals surface area contributed by atoms with Gasteiger partial charge in [0.25, 0.3) is 0 Å². The van der Waals surface area contributed by atoms with Crippen molar-refractivity contribution in [3.8, 4) is 0 Å². The average molecular weight is 253 g/mol. The van der Waals surface area contributed by atoms with Crippen LogP contribution in [0.15, 0.2) is 12.7 Å². The summed E-state index contributed by atoms with van der Waals surface area (Å²) in [6, 6.07) is 0.433. The van der Waals surface area contributed by atoms with E-state index in [1.54, 1.807) is 0 Å². The molecule has 1 N–H and O–H groups in total. The van der Waals surface area contributed by atoms with Gasteiger partial charge in [0, 0.05) is 12.6 Å². The minimum Gasteiger partial charge on any atom is -0.374 e. The van der Waals surface area contributed by atoms with E-state index in [2.05, 4.69) is 32.7 Å². The fraction of sp³-hybridized carbons (Fsp3) is 0.875. The highest BCUT2D eigenvalue weighted by molar-refractivity contribution is 4.99. The van der Waals surface area contributed by atoms with E-state index >= 15 is 0 Å². The van der Waals surface area contributed by atoms with Gasteiger partial charge in [-0.05, 0) is 57.9 Å². The first-order valence-corrected chi connectivity index (χ1v) is 7.66. The summed E-state index contributed by atoms with van der Waals surface area (Å²) in [5, 5.41) is 3.68. The zero-order valence-corrected chi connectivity index (χ0v) is 12.5. The van der Waals surface area contributed by atoms with E-state index in [0.29, 0.717) is 6.04 Å². The normalized spacial score (nSPS) is 30.1. The quantitative estimate of drug-likeness (QED) is 0.662. The Morgan fingerprint density at radius 3 is 2.56 bits per heavy atom. The Morgan fingerprint density at radius 1 is 1.39 bits per heavy atom. The Balaban J connectivity index is 2.74. The highest BCUT2D eigenvalue weighted by Gasteiger charge is 2.41. The standard InChI is InChI=1S/C16H31NO/c1-5-8-15(17-13-6-2)16(18-7-3)11-9-14(4)10-12-16/h5,14-15,17H,1,6-13H2,2-4H3. The van der Waals surface area contributed by atoms with Gasteiger partial charge >= 0.3 is 0 Å². The average Bonchev–Trinajstić information content (AvgIpc) is 2.38. The molecular weight excluding hydrogens is 222 g/mol. The lowest BCUT2D eigenvalue weighted by Crippen LogP contribution is -2.54. The third-order valence-electron chi connectivity index (χ3n) is 4.23. The Hall–Kier alpha value is -0.340. The molecular formula is C16H31NO. The van der Waals surface area contributed by atoms with Crippen LogP contribution in [0.5, 0.6) is 0 Å². The van der Waals surface area contributed by atoms with E-state index in [0.717, 1.165) is 25.5 Å². The Kier molecular flexibility index (Phi) is 6.95. The van der Waals surface area contributed by atoms with Crippen molar-refractivity contribution in [1.29, 1.82) is 0 Å². The van der Waals surface area contributed by atoms with E-state index in [1.165, 1.54) is 32.1 Å². The lowest BCUT2D eigenvalue weighted by Gasteiger charge is -2.45. The second-order valence-electron chi connectivity index (χ2n) is 5.71. The van der Waals surface area contributed by atoms with Crippen molar-refractivity contribution in [2.24, 2.45) is 5.92 Å². The lowest BCUT2D eigenvalue weighted by atomic mass is 9.74. The van der Waals surface area contributed by atoms with E-state index in [1.807, 2.05) is 6.08 Å². The molecule has 18 heavy (non-hydrogen) atoms. The maximum atomic E-state index is 6.22. The second kappa shape index (κ2) is 7.96. The molecule has 1 aliphatic carbocycles. The van der Waals surface area contributed by atoms with Crippen molar-refractivity contribution in [3.05, 3.63) is 12.7 Å². The number of nitrogens with one attached hydrogen (secondary N) is 1. The van der Waals surface area contributed by atoms with Crippen LogP contribution in [0, 0.1) is 5.92 Å². The molecule has 1 atom stereocenters. The summed E-state index contributed by atoms with van der Waals surface area (Å²) in [6.07, 6.45) is 9.18. The molecule has 1 rings (SSSR count). The topological polar surface area (TPSA) is 21.3 Å². The number of hydrogen-bond donors (Lipinski definition) is 1. The van der Waals surface area contributed by atoms with Gasteiger partial charge in [-0.15, -0.1) is 6.58 Å². The van der Waals surface area contributed by atoms with Crippen molar-refractivity contribution >= 4 is 0 Å². The Morgan fingerprint density at radius 2 is 2.06 bits per heavy atom. The summed E-state index contributed by atoms with van der Waals surface area (Å²) in [5.74, 6) is 0.856. The van der Waals surface area contributed by atoms with Gasteiger partial charge in [0.05, 0.1) is 5.60 Å². The van der Waals surface area contributed by atoms with Crippen LogP contribution < -0.4 is 5.32 Å². The Bertz CT molecular complexity index is 231. The van der Waals surface area contributed by atoms with Crippen molar-refractivity contribution in [2.75, 3.05) is 13.2 Å². The molecule has 0 amide bonds. The molecule has 0 aromatic carbocycles. The molecule has 0 saturated heterocycles. The first-order chi connectivity index (χ1) is 8.68. The number of hydrogen-bond acceptors (Lipinski definition) is 2. The van der Waals surface area contributed by atoms with Crippen molar-refractivity contribution in [3.63, 3.8) is 0 Å². The van der Waals surface area contributed by atoms with Gasteiger partial charge in [-0.2, -0.15) is 0 Å². The molecule has 2 heteroatoms. The summed E-state index contributed by atoms with van der Waals surface area (Å²) in [5.41, 5.74) is 0.0463. The van der Waals surface area contributed by atoms with Crippen molar-refractivity contribution in [1.82, 2.24) is 5.32 Å². The molecule has 0 bridgehead atoms. The van der Waals surface area contributed by atoms with Gasteiger partial charge in [0.15, 0.2) is 0 Å². The fourth-order valence-corrected chi connectivity index (χ4v) is 3.10. The molecule has 1 unspecified atom stereocenters. The van der Waals surface area contributed by atoms with E-state index in [4.69, 9.17) is 4.74 Å². The molecule has 2 nitrogen and oxygen atoms in total. The molecule has 0 radical (unpaired) electrons. The van der Waals surface area contributed by atoms with Crippen LogP contribution >= 0.6 is 0 Å². The SMILES string of the molecule is C=CCC(NCCC)C1(OCC)CCC(C)CC1. The first-order valence-electron chi connectivity index (χ1n) is 7.66. The molecule has 1 saturated carbocycles. The molecule has 0 aliphatic heterocycles. The highest BCUT2D eigenvalue weighted by Crippen LogP contribution is 2.38. The van der Waals surface area contributed by atoms with Gasteiger partial charge in [-0.1, -0.05) is 19.9 Å². The van der Waals surface area contributed by atoms with Crippen molar-refractivity contribution < 1.29 is 4.74 Å². The van der Waals surface area contributed by atoms with Crippen LogP contribution in [0.25, 0.3) is 0 Å². The Labute approximate surface area is 113 Å². The largest absolute Gasteiger partial charge is 0.374 e. The summed E-state index contributed by atoms with van der Waals surface area (Å²) < 4.78 is 6.22. The molecule has 1 aliphatic rings. The molecule has 0 heterocycles. The number of ether oxygens (including phenoxy) is 1. The van der Waals surface area contributed by atoms with Gasteiger partial charge in [0.1, 0.15) is 0 Å². The van der Waals surface area contributed by atoms with Crippen LogP contribution in [0.2, 0.25) is 0 Å². The monoisotopic (exact) mass is 253 g/mol. The van der Waals surface area contributed by atoms with Gasteiger partial charge < -0.3 is 10.1 Å². The van der Waals surface area contributed by atoms with Gasteiger partial charge in [-0.3, -0.25) is 0 Å². The zero-order chi connectivity index (χ0) is 13.4. The summed E-state index contributed by atoms with van der Waals surface area (Å²) in [6.45, 7) is 12.5. The molecule has 0 spiro atoms. The number of rotatable bonds is 8. The van der Waals surface area contributed by atoms with E-state index in [-0.39, 0.29) is 5.60 Å². The van der Waals surface area contributed by atoms with Crippen LogP contribution in [-0.2, 0) is 4.74 Å². The highest BCUT2D eigenvalue weighted by atomic mass is 16.5. The minimum absolute atomic E-state index is 0.0463. The smallest absolute Gasteiger partial charge is 0.0837 e. The van der Waals surface area contributed by atoms with Crippen LogP contribution in [0.1, 0.15) is 59.3 Å². The third-order valence-corrected chi connectivity index (χ3v) is 4.23. The predicted molar refractivity (Wildman–Crippen MR) is 78.9 cm³/mol. The predicted octanol–water partition coefficient (Wildman–Crippen LogP) is 3.92. The van der Waals surface area contributed by atoms with Crippen LogP contribution in [0.3, 0.4) is 0 Å². The minimum atomic E-state index is 0.0463. The van der Waals surface area contributed by atoms with Crippen molar-refractivity contribution in [2.45, 2.75) is 70.9 Å². The molecule has 106 valence electrons.